The van der Waals surface area contributed by atoms with Crippen molar-refractivity contribution in [2.75, 3.05) is 13.6 Å². The molecule has 1 aliphatic rings. The minimum absolute atomic E-state index is 0.150. The van der Waals surface area contributed by atoms with Gasteiger partial charge in [-0.05, 0) is 19.8 Å². The first kappa shape index (κ1) is 11.5. The Morgan fingerprint density at radius 3 is 3.06 bits per heavy atom. The van der Waals surface area contributed by atoms with E-state index in [2.05, 4.69) is 10.3 Å². The van der Waals surface area contributed by atoms with Gasteiger partial charge in [-0.2, -0.15) is 0 Å². The highest BCUT2D eigenvalue weighted by Gasteiger charge is 2.29. The van der Waals surface area contributed by atoms with Crippen LogP contribution in [0.1, 0.15) is 30.8 Å². The van der Waals surface area contributed by atoms with Gasteiger partial charge in [0.2, 0.25) is 5.91 Å². The number of likely N-dealkylation sites (N-methyl/N-ethyl adjacent to an activating group) is 1. The Morgan fingerprint density at radius 1 is 1.75 bits per heavy atom. The number of carbonyl (C=O) groups is 1. The fraction of sp³-hybridized carbons (Fsp3) is 0.636. The minimum atomic E-state index is 0.150. The number of rotatable bonds is 5. The Morgan fingerprint density at radius 2 is 2.50 bits per heavy atom. The molecule has 88 valence electrons. The van der Waals surface area contributed by atoms with Crippen LogP contribution in [0.2, 0.25) is 0 Å². The molecule has 1 N–H and O–H groups in total. The third kappa shape index (κ3) is 2.80. The van der Waals surface area contributed by atoms with Gasteiger partial charge in [0.25, 0.3) is 0 Å². The van der Waals surface area contributed by atoms with E-state index in [9.17, 15) is 4.79 Å². The van der Waals surface area contributed by atoms with E-state index in [0.29, 0.717) is 12.6 Å². The molecule has 16 heavy (non-hydrogen) atoms. The molecule has 0 bridgehead atoms. The van der Waals surface area contributed by atoms with Crippen LogP contribution in [-0.4, -0.2) is 35.4 Å². The van der Waals surface area contributed by atoms with Crippen molar-refractivity contribution in [2.24, 2.45) is 0 Å². The second kappa shape index (κ2) is 4.93. The van der Waals surface area contributed by atoms with Gasteiger partial charge in [0, 0.05) is 24.7 Å². The van der Waals surface area contributed by atoms with Crippen molar-refractivity contribution in [3.8, 4) is 0 Å². The molecule has 0 aliphatic heterocycles. The number of hydrogen-bond acceptors (Lipinski definition) is 4. The molecule has 1 amide bonds. The van der Waals surface area contributed by atoms with E-state index >= 15 is 0 Å². The average molecular weight is 239 g/mol. The van der Waals surface area contributed by atoms with Crippen LogP contribution in [0.25, 0.3) is 0 Å². The smallest absolute Gasteiger partial charge is 0.236 e. The van der Waals surface area contributed by atoms with Crippen LogP contribution in [0, 0.1) is 0 Å². The highest BCUT2D eigenvalue weighted by Crippen LogP contribution is 2.25. The summed E-state index contributed by atoms with van der Waals surface area (Å²) in [7, 11) is 1.88. The van der Waals surface area contributed by atoms with Gasteiger partial charge in [-0.15, -0.1) is 11.3 Å². The summed E-state index contributed by atoms with van der Waals surface area (Å²) < 4.78 is 0. The van der Waals surface area contributed by atoms with Crippen molar-refractivity contribution in [1.82, 2.24) is 15.2 Å². The molecule has 5 heteroatoms. The minimum Gasteiger partial charge on any atom is -0.342 e. The van der Waals surface area contributed by atoms with Gasteiger partial charge in [-0.3, -0.25) is 10.1 Å². The van der Waals surface area contributed by atoms with Crippen LogP contribution >= 0.6 is 11.3 Å². The number of nitrogens with one attached hydrogen (secondary N) is 1. The van der Waals surface area contributed by atoms with Crippen molar-refractivity contribution in [1.29, 1.82) is 0 Å². The van der Waals surface area contributed by atoms with Crippen LogP contribution in [0.5, 0.6) is 0 Å². The Hall–Kier alpha value is -0.940. The zero-order chi connectivity index (χ0) is 11.5. The molecule has 2 rings (SSSR count). The fourth-order valence-electron chi connectivity index (χ4n) is 1.57. The van der Waals surface area contributed by atoms with Crippen molar-refractivity contribution in [2.45, 2.75) is 31.8 Å². The van der Waals surface area contributed by atoms with Crippen LogP contribution in [0.4, 0.5) is 0 Å². The van der Waals surface area contributed by atoms with Crippen LogP contribution < -0.4 is 5.32 Å². The fourth-order valence-corrected chi connectivity index (χ4v) is 2.24. The summed E-state index contributed by atoms with van der Waals surface area (Å²) in [5.41, 5.74) is 0. The first-order chi connectivity index (χ1) is 7.68. The van der Waals surface area contributed by atoms with Gasteiger partial charge in [0.1, 0.15) is 5.01 Å². The molecule has 1 unspecified atom stereocenters. The van der Waals surface area contributed by atoms with Crippen molar-refractivity contribution in [3.05, 3.63) is 16.6 Å². The topological polar surface area (TPSA) is 45.2 Å². The van der Waals surface area contributed by atoms with Crippen LogP contribution in [0.15, 0.2) is 11.6 Å². The molecule has 1 aromatic heterocycles. The van der Waals surface area contributed by atoms with Gasteiger partial charge < -0.3 is 4.90 Å². The lowest BCUT2D eigenvalue weighted by atomic mass is 10.3. The molecular weight excluding hydrogens is 222 g/mol. The Balaban J connectivity index is 1.76. The van der Waals surface area contributed by atoms with E-state index < -0.39 is 0 Å². The molecule has 0 radical (unpaired) electrons. The standard InChI is InChI=1S/C11H17N3OS/c1-8(11-12-5-6-16-11)13-7-10(15)14(2)9-3-4-9/h5-6,8-9,13H,3-4,7H2,1-2H3. The zero-order valence-corrected chi connectivity index (χ0v) is 10.5. The quantitative estimate of drug-likeness (QED) is 0.845. The highest BCUT2D eigenvalue weighted by molar-refractivity contribution is 7.09. The molecule has 4 nitrogen and oxygen atoms in total. The second-order valence-corrected chi connectivity index (χ2v) is 5.13. The zero-order valence-electron chi connectivity index (χ0n) is 9.64. The number of amides is 1. The molecule has 0 saturated heterocycles. The van der Waals surface area contributed by atoms with Gasteiger partial charge >= 0.3 is 0 Å². The lowest BCUT2D eigenvalue weighted by Crippen LogP contribution is -2.37. The number of hydrogen-bond donors (Lipinski definition) is 1. The number of nitrogens with zero attached hydrogens (tertiary/aromatic N) is 2. The lowest BCUT2D eigenvalue weighted by Gasteiger charge is -2.18. The van der Waals surface area contributed by atoms with E-state index in [4.69, 9.17) is 0 Å². The Labute approximate surface area is 99.7 Å². The maximum Gasteiger partial charge on any atom is 0.236 e. The molecule has 0 spiro atoms. The first-order valence-electron chi connectivity index (χ1n) is 5.57. The molecule has 0 aromatic carbocycles. The number of thiazole rings is 1. The Kier molecular flexibility index (Phi) is 3.56. The van der Waals surface area contributed by atoms with Gasteiger partial charge in [-0.25, -0.2) is 4.98 Å². The highest BCUT2D eigenvalue weighted by atomic mass is 32.1. The van der Waals surface area contributed by atoms with Crippen molar-refractivity contribution in [3.63, 3.8) is 0 Å². The normalized spacial score (nSPS) is 17.1. The second-order valence-electron chi connectivity index (χ2n) is 4.21. The number of carbonyl (C=O) groups excluding carboxylic acids is 1. The summed E-state index contributed by atoms with van der Waals surface area (Å²) >= 11 is 1.61. The monoisotopic (exact) mass is 239 g/mol. The van der Waals surface area contributed by atoms with Crippen molar-refractivity contribution < 1.29 is 4.79 Å². The predicted molar refractivity (Wildman–Crippen MR) is 64.3 cm³/mol. The van der Waals surface area contributed by atoms with Gasteiger partial charge in [0.05, 0.1) is 12.6 Å². The molecule has 1 saturated carbocycles. The third-order valence-corrected chi connectivity index (χ3v) is 3.83. The third-order valence-electron chi connectivity index (χ3n) is 2.87. The molecule has 1 heterocycles. The van der Waals surface area contributed by atoms with E-state index in [-0.39, 0.29) is 11.9 Å². The molecule has 1 aromatic rings. The predicted octanol–water partition coefficient (Wildman–Crippen LogP) is 1.41. The van der Waals surface area contributed by atoms with Crippen LogP contribution in [-0.2, 0) is 4.79 Å². The molecule has 1 aliphatic carbocycles. The maximum atomic E-state index is 11.7. The van der Waals surface area contributed by atoms with E-state index in [1.807, 2.05) is 24.3 Å². The van der Waals surface area contributed by atoms with Crippen LogP contribution in [0.3, 0.4) is 0 Å². The largest absolute Gasteiger partial charge is 0.342 e. The van der Waals surface area contributed by atoms with Gasteiger partial charge in [0.15, 0.2) is 0 Å². The maximum absolute atomic E-state index is 11.7. The van der Waals surface area contributed by atoms with Crippen molar-refractivity contribution >= 4 is 17.2 Å². The summed E-state index contributed by atoms with van der Waals surface area (Å²) in [4.78, 5) is 17.8. The van der Waals surface area contributed by atoms with E-state index in [0.717, 1.165) is 17.8 Å². The summed E-state index contributed by atoms with van der Waals surface area (Å²) in [6.45, 7) is 2.43. The van der Waals surface area contributed by atoms with E-state index in [1.54, 1.807) is 17.5 Å². The Bertz CT molecular complexity index is 348. The average Bonchev–Trinajstić information content (AvgIpc) is 2.99. The summed E-state index contributed by atoms with van der Waals surface area (Å²) in [5.74, 6) is 0.172. The SMILES string of the molecule is CC(NCC(=O)N(C)C1CC1)c1nccs1. The summed E-state index contributed by atoms with van der Waals surface area (Å²) in [6.07, 6.45) is 4.10. The molecular formula is C11H17N3OS. The summed E-state index contributed by atoms with van der Waals surface area (Å²) in [6, 6.07) is 0.640. The summed E-state index contributed by atoms with van der Waals surface area (Å²) in [5, 5.41) is 6.18. The number of aromatic nitrogens is 1. The lowest BCUT2D eigenvalue weighted by molar-refractivity contribution is -0.129. The van der Waals surface area contributed by atoms with E-state index in [1.165, 1.54) is 0 Å². The van der Waals surface area contributed by atoms with Gasteiger partial charge in [-0.1, -0.05) is 0 Å². The first-order valence-corrected chi connectivity index (χ1v) is 6.45. The molecule has 1 atom stereocenters. The molecule has 1 fully saturated rings.